The standard InChI is InChI=1S/C11H13N/c1-2-7-9-3-8(9)6(1)10-4-12-5-11(7)10/h1-2,4,6-11H,3,5H2. The van der Waals surface area contributed by atoms with Crippen molar-refractivity contribution < 1.29 is 0 Å². The summed E-state index contributed by atoms with van der Waals surface area (Å²) in [5.41, 5.74) is 0. The van der Waals surface area contributed by atoms with Gasteiger partial charge < -0.3 is 0 Å². The summed E-state index contributed by atoms with van der Waals surface area (Å²) in [6.07, 6.45) is 8.75. The zero-order chi connectivity index (χ0) is 7.71. The predicted octanol–water partition coefficient (Wildman–Crippen LogP) is 1.76. The van der Waals surface area contributed by atoms with Crippen molar-refractivity contribution in [1.82, 2.24) is 0 Å². The molecule has 0 aromatic carbocycles. The number of aliphatic imine (C=N–C) groups is 1. The molecule has 5 rings (SSSR count). The molecule has 0 spiro atoms. The normalized spacial score (nSPS) is 63.3. The van der Waals surface area contributed by atoms with Crippen LogP contribution in [0.2, 0.25) is 0 Å². The van der Waals surface area contributed by atoms with Crippen molar-refractivity contribution in [2.45, 2.75) is 6.42 Å². The van der Waals surface area contributed by atoms with Gasteiger partial charge in [0.25, 0.3) is 0 Å². The molecule has 6 unspecified atom stereocenters. The van der Waals surface area contributed by atoms with Gasteiger partial charge in [-0.15, -0.1) is 0 Å². The van der Waals surface area contributed by atoms with Gasteiger partial charge in [0.05, 0.1) is 0 Å². The number of nitrogens with zero attached hydrogens (tertiary/aromatic N) is 1. The molecule has 2 saturated carbocycles. The van der Waals surface area contributed by atoms with Crippen LogP contribution in [0.4, 0.5) is 0 Å². The first-order chi connectivity index (χ1) is 5.95. The van der Waals surface area contributed by atoms with Crippen LogP contribution in [0.15, 0.2) is 17.1 Å². The van der Waals surface area contributed by atoms with Gasteiger partial charge in [0.1, 0.15) is 0 Å². The van der Waals surface area contributed by atoms with Gasteiger partial charge in [0, 0.05) is 18.7 Å². The van der Waals surface area contributed by atoms with Gasteiger partial charge in [-0.2, -0.15) is 0 Å². The van der Waals surface area contributed by atoms with E-state index >= 15 is 0 Å². The van der Waals surface area contributed by atoms with Gasteiger partial charge in [-0.05, 0) is 36.0 Å². The highest BCUT2D eigenvalue weighted by Crippen LogP contribution is 2.63. The average molecular weight is 159 g/mol. The second-order valence-electron chi connectivity index (χ2n) is 4.86. The Hall–Kier alpha value is -0.590. The molecular weight excluding hydrogens is 146 g/mol. The quantitative estimate of drug-likeness (QED) is 0.477. The molecule has 1 heteroatoms. The first kappa shape index (κ1) is 5.95. The van der Waals surface area contributed by atoms with Crippen molar-refractivity contribution in [3.63, 3.8) is 0 Å². The van der Waals surface area contributed by atoms with Crippen molar-refractivity contribution in [2.24, 2.45) is 40.5 Å². The lowest BCUT2D eigenvalue weighted by atomic mass is 9.64. The van der Waals surface area contributed by atoms with Gasteiger partial charge in [-0.25, -0.2) is 0 Å². The van der Waals surface area contributed by atoms with Crippen molar-refractivity contribution in [1.29, 1.82) is 0 Å². The highest BCUT2D eigenvalue weighted by molar-refractivity contribution is 5.66. The molecule has 62 valence electrons. The SMILES string of the molecule is C1=CC2C3CN=CC3C1C1CC21. The molecule has 4 aliphatic carbocycles. The molecule has 12 heavy (non-hydrogen) atoms. The smallest absolute Gasteiger partial charge is 0.0425 e. The van der Waals surface area contributed by atoms with E-state index in [0.29, 0.717) is 0 Å². The van der Waals surface area contributed by atoms with Crippen LogP contribution in [-0.2, 0) is 0 Å². The van der Waals surface area contributed by atoms with Crippen molar-refractivity contribution in [3.05, 3.63) is 12.2 Å². The number of rotatable bonds is 0. The maximum Gasteiger partial charge on any atom is 0.0425 e. The van der Waals surface area contributed by atoms with E-state index in [0.717, 1.165) is 42.1 Å². The minimum Gasteiger partial charge on any atom is -0.297 e. The molecule has 5 aliphatic rings. The lowest BCUT2D eigenvalue weighted by Gasteiger charge is -2.39. The molecule has 0 radical (unpaired) electrons. The second kappa shape index (κ2) is 1.68. The van der Waals surface area contributed by atoms with Crippen LogP contribution in [-0.4, -0.2) is 12.8 Å². The third-order valence-electron chi connectivity index (χ3n) is 4.46. The lowest BCUT2D eigenvalue weighted by molar-refractivity contribution is 0.181. The molecule has 0 N–H and O–H groups in total. The molecule has 0 saturated heterocycles. The van der Waals surface area contributed by atoms with E-state index in [1.807, 2.05) is 0 Å². The monoisotopic (exact) mass is 159 g/mol. The molecule has 0 aromatic heterocycles. The van der Waals surface area contributed by atoms with Crippen LogP contribution < -0.4 is 0 Å². The Morgan fingerprint density at radius 2 is 1.75 bits per heavy atom. The maximum absolute atomic E-state index is 4.46. The van der Waals surface area contributed by atoms with Crippen molar-refractivity contribution in [2.75, 3.05) is 6.54 Å². The van der Waals surface area contributed by atoms with Crippen LogP contribution in [0.25, 0.3) is 0 Å². The van der Waals surface area contributed by atoms with E-state index < -0.39 is 0 Å². The summed E-state index contributed by atoms with van der Waals surface area (Å²) in [4.78, 5) is 4.46. The number of hydrogen-bond donors (Lipinski definition) is 0. The molecule has 0 amide bonds. The summed E-state index contributed by atoms with van der Waals surface area (Å²) in [6, 6.07) is 0. The third-order valence-corrected chi connectivity index (χ3v) is 4.46. The highest BCUT2D eigenvalue weighted by atomic mass is 14.8. The van der Waals surface area contributed by atoms with E-state index in [4.69, 9.17) is 0 Å². The molecule has 6 atom stereocenters. The van der Waals surface area contributed by atoms with Gasteiger partial charge >= 0.3 is 0 Å². The van der Waals surface area contributed by atoms with Crippen molar-refractivity contribution >= 4 is 6.21 Å². The molecule has 2 fully saturated rings. The summed E-state index contributed by atoms with van der Waals surface area (Å²) in [5, 5.41) is 0. The average Bonchev–Trinajstić information content (AvgIpc) is 2.77. The fraction of sp³-hybridized carbons (Fsp3) is 0.727. The summed E-state index contributed by atoms with van der Waals surface area (Å²) >= 11 is 0. The number of allylic oxidation sites excluding steroid dienone is 2. The van der Waals surface area contributed by atoms with Crippen LogP contribution in [0.5, 0.6) is 0 Å². The summed E-state index contributed by atoms with van der Waals surface area (Å²) in [5.74, 6) is 5.67. The van der Waals surface area contributed by atoms with E-state index in [9.17, 15) is 0 Å². The highest BCUT2D eigenvalue weighted by Gasteiger charge is 2.59. The van der Waals surface area contributed by atoms with Crippen LogP contribution in [0, 0.1) is 35.5 Å². The number of hydrogen-bond acceptors (Lipinski definition) is 1. The predicted molar refractivity (Wildman–Crippen MR) is 48.1 cm³/mol. The Morgan fingerprint density at radius 3 is 2.75 bits per heavy atom. The minimum absolute atomic E-state index is 0.837. The van der Waals surface area contributed by atoms with Gasteiger partial charge in [-0.1, -0.05) is 12.2 Å². The second-order valence-corrected chi connectivity index (χ2v) is 4.86. The minimum atomic E-state index is 0.837. The van der Waals surface area contributed by atoms with E-state index in [2.05, 4.69) is 23.4 Å². The lowest BCUT2D eigenvalue weighted by Crippen LogP contribution is -2.38. The van der Waals surface area contributed by atoms with Gasteiger partial charge in [-0.3, -0.25) is 4.99 Å². The fourth-order valence-corrected chi connectivity index (χ4v) is 3.84. The molecule has 2 bridgehead atoms. The summed E-state index contributed by atoms with van der Waals surface area (Å²) < 4.78 is 0. The van der Waals surface area contributed by atoms with Crippen LogP contribution in [0.1, 0.15) is 6.42 Å². The third kappa shape index (κ3) is 0.502. The van der Waals surface area contributed by atoms with Crippen LogP contribution in [0.3, 0.4) is 0 Å². The van der Waals surface area contributed by atoms with Gasteiger partial charge in [0.15, 0.2) is 0 Å². The Bertz CT molecular complexity index is 289. The Labute approximate surface area is 72.6 Å². The van der Waals surface area contributed by atoms with Gasteiger partial charge in [0.2, 0.25) is 0 Å². The molecule has 1 heterocycles. The summed E-state index contributed by atoms with van der Waals surface area (Å²) in [6.45, 7) is 1.12. The maximum atomic E-state index is 4.46. The molecule has 0 aromatic rings. The Kier molecular flexibility index (Phi) is 0.835. The zero-order valence-electron chi connectivity index (χ0n) is 7.06. The fourth-order valence-electron chi connectivity index (χ4n) is 3.84. The molecular formula is C11H13N. The van der Waals surface area contributed by atoms with E-state index in [1.54, 1.807) is 0 Å². The topological polar surface area (TPSA) is 12.4 Å². The largest absolute Gasteiger partial charge is 0.297 e. The van der Waals surface area contributed by atoms with E-state index in [1.165, 1.54) is 6.42 Å². The molecule has 1 aliphatic heterocycles. The Balaban J connectivity index is 1.86. The van der Waals surface area contributed by atoms with Crippen molar-refractivity contribution in [3.8, 4) is 0 Å². The van der Waals surface area contributed by atoms with Crippen LogP contribution >= 0.6 is 0 Å². The zero-order valence-corrected chi connectivity index (χ0v) is 7.06. The Morgan fingerprint density at radius 1 is 0.917 bits per heavy atom. The molecule has 1 nitrogen and oxygen atoms in total. The van der Waals surface area contributed by atoms with E-state index in [-0.39, 0.29) is 0 Å². The first-order valence-corrected chi connectivity index (χ1v) is 5.13. The summed E-state index contributed by atoms with van der Waals surface area (Å²) in [7, 11) is 0. The first-order valence-electron chi connectivity index (χ1n) is 5.13.